The van der Waals surface area contributed by atoms with Crippen LogP contribution in [0.25, 0.3) is 0 Å². The molecule has 0 saturated heterocycles. The van der Waals surface area contributed by atoms with Crippen LogP contribution in [0.5, 0.6) is 0 Å². The Morgan fingerprint density at radius 3 is 3.11 bits per heavy atom. The van der Waals surface area contributed by atoms with Crippen molar-refractivity contribution in [2.24, 2.45) is 0 Å². The second-order valence-corrected chi connectivity index (χ2v) is 3.78. The number of thiazole rings is 1. The van der Waals surface area contributed by atoms with Gasteiger partial charge in [-0.25, -0.2) is 4.98 Å². The molecule has 0 spiro atoms. The van der Waals surface area contributed by atoms with Crippen molar-refractivity contribution in [3.63, 3.8) is 0 Å². The fourth-order valence-corrected chi connectivity index (χ4v) is 1.70. The summed E-state index contributed by atoms with van der Waals surface area (Å²) in [6, 6.07) is 0. The third kappa shape index (κ3) is 1.76. The van der Waals surface area contributed by atoms with Gasteiger partial charge >= 0.3 is 0 Å². The minimum absolute atomic E-state index is 0.456. The van der Waals surface area contributed by atoms with Gasteiger partial charge in [-0.1, -0.05) is 22.9 Å². The lowest BCUT2D eigenvalue weighted by Crippen LogP contribution is -1.83. The molecular weight excluding hydrogens is 198 g/mol. The molecule has 0 N–H and O–H groups in total. The molecule has 1 atom stereocenters. The van der Waals surface area contributed by atoms with Gasteiger partial charge < -0.3 is 0 Å². The van der Waals surface area contributed by atoms with Crippen molar-refractivity contribution >= 4 is 27.3 Å². The van der Waals surface area contributed by atoms with E-state index in [4.69, 9.17) is 0 Å². The first-order valence-corrected chi connectivity index (χ1v) is 4.67. The maximum atomic E-state index is 4.16. The number of hydrogen-bond acceptors (Lipinski definition) is 2. The van der Waals surface area contributed by atoms with E-state index in [-0.39, 0.29) is 0 Å². The van der Waals surface area contributed by atoms with Crippen LogP contribution in [-0.4, -0.2) is 4.98 Å². The van der Waals surface area contributed by atoms with Crippen LogP contribution in [-0.2, 0) is 0 Å². The van der Waals surface area contributed by atoms with Crippen LogP contribution in [0.2, 0.25) is 0 Å². The van der Waals surface area contributed by atoms with Crippen LogP contribution in [0.3, 0.4) is 0 Å². The van der Waals surface area contributed by atoms with Gasteiger partial charge in [-0.15, -0.1) is 11.3 Å². The van der Waals surface area contributed by atoms with E-state index in [0.29, 0.717) is 4.83 Å². The van der Waals surface area contributed by atoms with Gasteiger partial charge in [-0.05, 0) is 6.42 Å². The molecule has 0 aliphatic heterocycles. The third-order valence-corrected chi connectivity index (χ3v) is 3.35. The van der Waals surface area contributed by atoms with Crippen molar-refractivity contribution < 1.29 is 0 Å². The van der Waals surface area contributed by atoms with Crippen molar-refractivity contribution in [2.45, 2.75) is 18.2 Å². The molecule has 50 valence electrons. The molecule has 0 fully saturated rings. The van der Waals surface area contributed by atoms with Crippen molar-refractivity contribution in [3.8, 4) is 0 Å². The largest absolute Gasteiger partial charge is 0.249 e. The quantitative estimate of drug-likeness (QED) is 0.678. The molecule has 0 unspecified atom stereocenters. The van der Waals surface area contributed by atoms with Gasteiger partial charge in [0.15, 0.2) is 0 Å². The van der Waals surface area contributed by atoms with Gasteiger partial charge in [0.1, 0.15) is 5.01 Å². The summed E-state index contributed by atoms with van der Waals surface area (Å²) in [6.45, 7) is 2.14. The highest BCUT2D eigenvalue weighted by atomic mass is 79.9. The molecular formula is C6H8BrNS. The summed E-state index contributed by atoms with van der Waals surface area (Å²) in [5.41, 5.74) is 0. The summed E-state index contributed by atoms with van der Waals surface area (Å²) in [5.74, 6) is 0. The van der Waals surface area contributed by atoms with Gasteiger partial charge in [0, 0.05) is 11.6 Å². The maximum absolute atomic E-state index is 4.16. The number of rotatable bonds is 2. The molecule has 1 aromatic heterocycles. The smallest absolute Gasteiger partial charge is 0.106 e. The van der Waals surface area contributed by atoms with Crippen LogP contribution in [0, 0.1) is 0 Å². The number of hydrogen-bond donors (Lipinski definition) is 0. The average Bonchev–Trinajstić information content (AvgIpc) is 2.37. The van der Waals surface area contributed by atoms with Gasteiger partial charge in [0.25, 0.3) is 0 Å². The number of alkyl halides is 1. The maximum Gasteiger partial charge on any atom is 0.106 e. The highest BCUT2D eigenvalue weighted by Gasteiger charge is 2.05. The molecule has 1 aromatic rings. The molecule has 3 heteroatoms. The summed E-state index contributed by atoms with van der Waals surface area (Å²) in [6.07, 6.45) is 2.94. The minimum Gasteiger partial charge on any atom is -0.249 e. The molecule has 0 bridgehead atoms. The molecule has 1 nitrogen and oxygen atoms in total. The Balaban J connectivity index is 2.65. The zero-order valence-corrected chi connectivity index (χ0v) is 7.58. The van der Waals surface area contributed by atoms with Gasteiger partial charge in [0.2, 0.25) is 0 Å². The molecule has 9 heavy (non-hydrogen) atoms. The Bertz CT molecular complexity index is 162. The summed E-state index contributed by atoms with van der Waals surface area (Å²) in [5, 5.41) is 3.18. The van der Waals surface area contributed by atoms with Crippen molar-refractivity contribution in [1.29, 1.82) is 0 Å². The molecule has 0 saturated carbocycles. The van der Waals surface area contributed by atoms with Crippen LogP contribution in [0.4, 0.5) is 0 Å². The summed E-state index contributed by atoms with van der Waals surface area (Å²) in [7, 11) is 0. The van der Waals surface area contributed by atoms with Crippen LogP contribution in [0.15, 0.2) is 11.6 Å². The van der Waals surface area contributed by atoms with Gasteiger partial charge in [-0.2, -0.15) is 0 Å². The first-order chi connectivity index (χ1) is 4.34. The predicted molar refractivity (Wildman–Crippen MR) is 44.1 cm³/mol. The SMILES string of the molecule is CC[C@@H](Br)c1nccs1. The van der Waals surface area contributed by atoms with E-state index < -0.39 is 0 Å². The van der Waals surface area contributed by atoms with Gasteiger partial charge in [0.05, 0.1) is 4.83 Å². The number of halogens is 1. The fourth-order valence-electron chi connectivity index (χ4n) is 0.564. The predicted octanol–water partition coefficient (Wildman–Crippen LogP) is 2.99. The topological polar surface area (TPSA) is 12.9 Å². The van der Waals surface area contributed by atoms with Crippen molar-refractivity contribution in [2.75, 3.05) is 0 Å². The zero-order valence-electron chi connectivity index (χ0n) is 5.17. The third-order valence-electron chi connectivity index (χ3n) is 1.08. The minimum atomic E-state index is 0.456. The Labute approximate surface area is 67.3 Å². The first kappa shape index (κ1) is 7.22. The Morgan fingerprint density at radius 1 is 1.89 bits per heavy atom. The summed E-state index contributed by atoms with van der Waals surface area (Å²) >= 11 is 5.21. The Hall–Kier alpha value is 0.110. The molecule has 1 rings (SSSR count). The molecule has 1 heterocycles. The number of aromatic nitrogens is 1. The standard InChI is InChI=1S/C6H8BrNS/c1-2-5(7)6-8-3-4-9-6/h3-5H,2H2,1H3/t5-/m1/s1. The van der Waals surface area contributed by atoms with Crippen molar-refractivity contribution in [1.82, 2.24) is 4.98 Å². The van der Waals surface area contributed by atoms with Crippen LogP contribution in [0.1, 0.15) is 23.2 Å². The Morgan fingerprint density at radius 2 is 2.67 bits per heavy atom. The van der Waals surface area contributed by atoms with Crippen LogP contribution >= 0.6 is 27.3 Å². The van der Waals surface area contributed by atoms with E-state index in [0.717, 1.165) is 6.42 Å². The van der Waals surface area contributed by atoms with E-state index in [2.05, 4.69) is 27.8 Å². The van der Waals surface area contributed by atoms with Crippen LogP contribution < -0.4 is 0 Å². The van der Waals surface area contributed by atoms with Gasteiger partial charge in [-0.3, -0.25) is 0 Å². The van der Waals surface area contributed by atoms with E-state index in [9.17, 15) is 0 Å². The molecule has 0 aliphatic carbocycles. The van der Waals surface area contributed by atoms with E-state index in [1.807, 2.05) is 11.6 Å². The molecule has 0 amide bonds. The second kappa shape index (κ2) is 3.32. The van der Waals surface area contributed by atoms with E-state index in [1.165, 1.54) is 5.01 Å². The highest BCUT2D eigenvalue weighted by Crippen LogP contribution is 2.26. The van der Waals surface area contributed by atoms with E-state index >= 15 is 0 Å². The number of nitrogens with zero attached hydrogens (tertiary/aromatic N) is 1. The lowest BCUT2D eigenvalue weighted by Gasteiger charge is -1.98. The van der Waals surface area contributed by atoms with Crippen molar-refractivity contribution in [3.05, 3.63) is 16.6 Å². The average molecular weight is 206 g/mol. The zero-order chi connectivity index (χ0) is 6.69. The summed E-state index contributed by atoms with van der Waals surface area (Å²) < 4.78 is 0. The first-order valence-electron chi connectivity index (χ1n) is 2.88. The molecule has 0 aromatic carbocycles. The molecule has 0 radical (unpaired) electrons. The second-order valence-electron chi connectivity index (χ2n) is 1.75. The van der Waals surface area contributed by atoms with E-state index in [1.54, 1.807) is 11.3 Å². The molecule has 0 aliphatic rings. The fraction of sp³-hybridized carbons (Fsp3) is 0.500. The Kier molecular flexibility index (Phi) is 2.66. The summed E-state index contributed by atoms with van der Waals surface area (Å²) in [4.78, 5) is 4.61. The monoisotopic (exact) mass is 205 g/mol. The highest BCUT2D eigenvalue weighted by molar-refractivity contribution is 9.09. The normalized spacial score (nSPS) is 13.6. The lowest BCUT2D eigenvalue weighted by atomic mass is 10.4. The lowest BCUT2D eigenvalue weighted by molar-refractivity contribution is 0.899.